The summed E-state index contributed by atoms with van der Waals surface area (Å²) >= 11 is 0. The van der Waals surface area contributed by atoms with E-state index < -0.39 is 0 Å². The van der Waals surface area contributed by atoms with Crippen LogP contribution in [0.15, 0.2) is 48.5 Å². The van der Waals surface area contributed by atoms with Crippen LogP contribution in [0.1, 0.15) is 31.0 Å². The van der Waals surface area contributed by atoms with Crippen LogP contribution in [0.3, 0.4) is 0 Å². The number of likely N-dealkylation sites (N-methyl/N-ethyl adjacent to an activating group) is 1. The minimum Gasteiger partial charge on any atom is -0.490 e. The standard InChI is InChI=1S/C21H23FN2O2/c1-3-24-12-13-26-20-10-8-17(14-19(20)24)15(2)23-21(25)11-9-16-6-4-5-7-18(16)22/h4-11,14-15H,3,12-13H2,1-2H3,(H,23,25)/b11-9+. The van der Waals surface area contributed by atoms with Gasteiger partial charge in [-0.3, -0.25) is 4.79 Å². The summed E-state index contributed by atoms with van der Waals surface area (Å²) in [5, 5.41) is 2.92. The number of amides is 1. The van der Waals surface area contributed by atoms with Crippen molar-refractivity contribution in [2.24, 2.45) is 0 Å². The van der Waals surface area contributed by atoms with Gasteiger partial charge in [-0.05, 0) is 43.7 Å². The minimum absolute atomic E-state index is 0.168. The van der Waals surface area contributed by atoms with Gasteiger partial charge < -0.3 is 15.0 Å². The van der Waals surface area contributed by atoms with E-state index in [1.807, 2.05) is 19.1 Å². The van der Waals surface area contributed by atoms with Crippen molar-refractivity contribution in [3.8, 4) is 5.75 Å². The number of carbonyl (C=O) groups is 1. The number of rotatable bonds is 5. The van der Waals surface area contributed by atoms with Crippen LogP contribution in [0, 0.1) is 5.82 Å². The fourth-order valence-electron chi connectivity index (χ4n) is 3.01. The van der Waals surface area contributed by atoms with Crippen LogP contribution < -0.4 is 15.0 Å². The molecule has 1 unspecified atom stereocenters. The second kappa shape index (κ2) is 8.04. The van der Waals surface area contributed by atoms with Crippen LogP contribution in [0.2, 0.25) is 0 Å². The zero-order valence-electron chi connectivity index (χ0n) is 15.0. The molecule has 0 aromatic heterocycles. The monoisotopic (exact) mass is 354 g/mol. The molecule has 3 rings (SSSR count). The van der Waals surface area contributed by atoms with Crippen LogP contribution in [-0.2, 0) is 4.79 Å². The Bertz CT molecular complexity index is 819. The van der Waals surface area contributed by atoms with Gasteiger partial charge in [0.1, 0.15) is 18.2 Å². The molecular formula is C21H23FN2O2. The molecule has 2 aromatic rings. The van der Waals surface area contributed by atoms with E-state index in [9.17, 15) is 9.18 Å². The second-order valence-electron chi connectivity index (χ2n) is 6.24. The van der Waals surface area contributed by atoms with Crippen LogP contribution in [0.5, 0.6) is 5.75 Å². The minimum atomic E-state index is -0.348. The highest BCUT2D eigenvalue weighted by atomic mass is 19.1. The number of nitrogens with one attached hydrogen (secondary N) is 1. The third-order valence-electron chi connectivity index (χ3n) is 4.50. The highest BCUT2D eigenvalue weighted by Crippen LogP contribution is 2.33. The molecule has 0 saturated heterocycles. The number of hydrogen-bond donors (Lipinski definition) is 1. The number of fused-ring (bicyclic) bond motifs is 1. The van der Waals surface area contributed by atoms with Crippen molar-refractivity contribution in [3.63, 3.8) is 0 Å². The predicted octanol–water partition coefficient (Wildman–Crippen LogP) is 3.94. The number of hydrogen-bond acceptors (Lipinski definition) is 3. The summed E-state index contributed by atoms with van der Waals surface area (Å²) in [4.78, 5) is 14.4. The Morgan fingerprint density at radius 2 is 2.15 bits per heavy atom. The molecule has 2 aromatic carbocycles. The van der Waals surface area contributed by atoms with E-state index >= 15 is 0 Å². The molecule has 0 bridgehead atoms. The second-order valence-corrected chi connectivity index (χ2v) is 6.24. The van der Waals surface area contributed by atoms with Gasteiger partial charge in [-0.1, -0.05) is 24.3 Å². The van der Waals surface area contributed by atoms with Crippen molar-refractivity contribution in [2.45, 2.75) is 19.9 Å². The fraction of sp³-hybridized carbons (Fsp3) is 0.286. The number of nitrogens with zero attached hydrogens (tertiary/aromatic N) is 1. The maximum atomic E-state index is 13.6. The molecular weight excluding hydrogens is 331 g/mol. The lowest BCUT2D eigenvalue weighted by Gasteiger charge is -2.31. The van der Waals surface area contributed by atoms with Gasteiger partial charge in [0.15, 0.2) is 0 Å². The molecule has 4 nitrogen and oxygen atoms in total. The third-order valence-corrected chi connectivity index (χ3v) is 4.50. The van der Waals surface area contributed by atoms with Gasteiger partial charge in [-0.15, -0.1) is 0 Å². The van der Waals surface area contributed by atoms with Crippen molar-refractivity contribution in [2.75, 3.05) is 24.6 Å². The molecule has 0 spiro atoms. The molecule has 1 aliphatic rings. The Morgan fingerprint density at radius 1 is 1.35 bits per heavy atom. The van der Waals surface area contributed by atoms with E-state index in [0.717, 1.165) is 30.1 Å². The van der Waals surface area contributed by atoms with Crippen molar-refractivity contribution in [1.82, 2.24) is 5.32 Å². The largest absolute Gasteiger partial charge is 0.490 e. The SMILES string of the molecule is CCN1CCOc2ccc(C(C)NC(=O)/C=C/c3ccccc3F)cc21. The molecule has 26 heavy (non-hydrogen) atoms. The summed E-state index contributed by atoms with van der Waals surface area (Å²) in [6, 6.07) is 12.2. The van der Waals surface area contributed by atoms with Crippen molar-refractivity contribution in [1.29, 1.82) is 0 Å². The Balaban J connectivity index is 1.69. The first-order chi connectivity index (χ1) is 12.6. The van der Waals surface area contributed by atoms with Crippen LogP contribution in [0.25, 0.3) is 6.08 Å². The topological polar surface area (TPSA) is 41.6 Å². The number of benzene rings is 2. The molecule has 1 atom stereocenters. The first-order valence-electron chi connectivity index (χ1n) is 8.83. The van der Waals surface area contributed by atoms with Crippen LogP contribution in [-0.4, -0.2) is 25.6 Å². The molecule has 136 valence electrons. The molecule has 0 saturated carbocycles. The molecule has 5 heteroatoms. The molecule has 0 fully saturated rings. The summed E-state index contributed by atoms with van der Waals surface area (Å²) in [5.74, 6) is 0.265. The highest BCUT2D eigenvalue weighted by molar-refractivity contribution is 5.92. The maximum absolute atomic E-state index is 13.6. The van der Waals surface area contributed by atoms with E-state index in [1.165, 1.54) is 18.2 Å². The predicted molar refractivity (Wildman–Crippen MR) is 102 cm³/mol. The van der Waals surface area contributed by atoms with E-state index in [1.54, 1.807) is 18.2 Å². The van der Waals surface area contributed by atoms with Crippen molar-refractivity contribution >= 4 is 17.7 Å². The average Bonchev–Trinajstić information content (AvgIpc) is 2.66. The highest BCUT2D eigenvalue weighted by Gasteiger charge is 2.18. The van der Waals surface area contributed by atoms with E-state index in [-0.39, 0.29) is 17.8 Å². The van der Waals surface area contributed by atoms with E-state index in [0.29, 0.717) is 12.2 Å². The Kier molecular flexibility index (Phi) is 5.56. The lowest BCUT2D eigenvalue weighted by Crippen LogP contribution is -2.32. The lowest BCUT2D eigenvalue weighted by molar-refractivity contribution is -0.117. The molecule has 1 heterocycles. The first kappa shape index (κ1) is 18.0. The van der Waals surface area contributed by atoms with E-state index in [4.69, 9.17) is 4.74 Å². The number of ether oxygens (including phenoxy) is 1. The quantitative estimate of drug-likeness (QED) is 0.827. The molecule has 1 amide bonds. The Morgan fingerprint density at radius 3 is 2.92 bits per heavy atom. The molecule has 0 aliphatic carbocycles. The van der Waals surface area contributed by atoms with Gasteiger partial charge in [0.25, 0.3) is 0 Å². The van der Waals surface area contributed by atoms with Gasteiger partial charge in [-0.25, -0.2) is 4.39 Å². The first-order valence-corrected chi connectivity index (χ1v) is 8.83. The summed E-state index contributed by atoms with van der Waals surface area (Å²) in [7, 11) is 0. The van der Waals surface area contributed by atoms with Crippen LogP contribution >= 0.6 is 0 Å². The van der Waals surface area contributed by atoms with Gasteiger partial charge in [0, 0.05) is 18.2 Å². The normalized spacial score (nSPS) is 14.7. The number of carbonyl (C=O) groups excluding carboxylic acids is 1. The average molecular weight is 354 g/mol. The van der Waals surface area contributed by atoms with Crippen molar-refractivity contribution < 1.29 is 13.9 Å². The van der Waals surface area contributed by atoms with Gasteiger partial charge in [0.2, 0.25) is 5.91 Å². The van der Waals surface area contributed by atoms with Gasteiger partial charge >= 0.3 is 0 Å². The van der Waals surface area contributed by atoms with Gasteiger partial charge in [0.05, 0.1) is 18.3 Å². The Hall–Kier alpha value is -2.82. The third kappa shape index (κ3) is 4.04. The fourth-order valence-corrected chi connectivity index (χ4v) is 3.01. The lowest BCUT2D eigenvalue weighted by atomic mass is 10.1. The smallest absolute Gasteiger partial charge is 0.244 e. The summed E-state index contributed by atoms with van der Waals surface area (Å²) in [6.45, 7) is 6.50. The zero-order chi connectivity index (χ0) is 18.5. The summed E-state index contributed by atoms with van der Waals surface area (Å²) in [5.41, 5.74) is 2.44. The van der Waals surface area contributed by atoms with E-state index in [2.05, 4.69) is 23.2 Å². The van der Waals surface area contributed by atoms with Crippen molar-refractivity contribution in [3.05, 3.63) is 65.5 Å². The summed E-state index contributed by atoms with van der Waals surface area (Å²) in [6.07, 6.45) is 2.84. The van der Waals surface area contributed by atoms with Gasteiger partial charge in [-0.2, -0.15) is 0 Å². The molecule has 1 aliphatic heterocycles. The Labute approximate surface area is 153 Å². The number of halogens is 1. The summed E-state index contributed by atoms with van der Waals surface area (Å²) < 4.78 is 19.3. The molecule has 0 radical (unpaired) electrons. The zero-order valence-corrected chi connectivity index (χ0v) is 15.0. The maximum Gasteiger partial charge on any atom is 0.244 e. The molecule has 1 N–H and O–H groups in total. The van der Waals surface area contributed by atoms with Crippen LogP contribution in [0.4, 0.5) is 10.1 Å². The number of anilines is 1.